The molecule has 1 heterocycles. The first-order valence-electron chi connectivity index (χ1n) is 5.53. The van der Waals surface area contributed by atoms with Crippen LogP contribution in [0.1, 0.15) is 12.5 Å². The molecule has 0 saturated carbocycles. The maximum absolute atomic E-state index is 11.7. The zero-order valence-electron chi connectivity index (χ0n) is 9.86. The second-order valence-corrected chi connectivity index (χ2v) is 3.94. The Balaban J connectivity index is 2.74. The molecule has 1 aromatic heterocycles. The number of aromatic amines is 1. The fraction of sp³-hybridized carbons (Fsp3) is 0.231. The number of H-pyrrole nitrogens is 1. The molecule has 88 valence electrons. The van der Waals surface area contributed by atoms with Crippen LogP contribution in [0.2, 0.25) is 0 Å². The average Bonchev–Trinajstić information content (AvgIpc) is 2.28. The molecule has 0 bridgehead atoms. The summed E-state index contributed by atoms with van der Waals surface area (Å²) in [5, 5.41) is 0. The van der Waals surface area contributed by atoms with E-state index < -0.39 is 0 Å². The molecular formula is C13H14N2O2. The van der Waals surface area contributed by atoms with Gasteiger partial charge in [-0.3, -0.25) is 14.3 Å². The van der Waals surface area contributed by atoms with Crippen LogP contribution < -0.4 is 11.2 Å². The van der Waals surface area contributed by atoms with E-state index in [2.05, 4.69) is 4.98 Å². The molecule has 0 saturated heterocycles. The molecule has 0 spiro atoms. The van der Waals surface area contributed by atoms with E-state index in [1.807, 2.05) is 38.1 Å². The Morgan fingerprint density at radius 3 is 2.65 bits per heavy atom. The van der Waals surface area contributed by atoms with Gasteiger partial charge in [0.15, 0.2) is 0 Å². The quantitative estimate of drug-likeness (QED) is 0.850. The normalized spacial score (nSPS) is 10.5. The van der Waals surface area contributed by atoms with E-state index in [0.717, 1.165) is 11.1 Å². The van der Waals surface area contributed by atoms with Gasteiger partial charge in [-0.2, -0.15) is 0 Å². The lowest BCUT2D eigenvalue weighted by molar-refractivity contribution is 0.702. The minimum absolute atomic E-state index is 0.364. The van der Waals surface area contributed by atoms with E-state index in [4.69, 9.17) is 0 Å². The molecule has 0 atom stereocenters. The van der Waals surface area contributed by atoms with Gasteiger partial charge in [-0.05, 0) is 25.5 Å². The Hall–Kier alpha value is -2.10. The van der Waals surface area contributed by atoms with Crippen molar-refractivity contribution in [3.63, 3.8) is 0 Å². The number of hydrogen-bond donors (Lipinski definition) is 1. The molecule has 0 radical (unpaired) electrons. The van der Waals surface area contributed by atoms with Crippen LogP contribution in [0.25, 0.3) is 11.3 Å². The minimum atomic E-state index is -0.365. The summed E-state index contributed by atoms with van der Waals surface area (Å²) >= 11 is 0. The third-order valence-corrected chi connectivity index (χ3v) is 2.66. The molecular weight excluding hydrogens is 216 g/mol. The molecule has 2 rings (SSSR count). The van der Waals surface area contributed by atoms with E-state index in [-0.39, 0.29) is 11.2 Å². The summed E-state index contributed by atoms with van der Waals surface area (Å²) in [5.74, 6) is 0. The third kappa shape index (κ3) is 2.20. The van der Waals surface area contributed by atoms with Crippen molar-refractivity contribution < 1.29 is 0 Å². The highest BCUT2D eigenvalue weighted by molar-refractivity contribution is 5.60. The van der Waals surface area contributed by atoms with Crippen LogP contribution >= 0.6 is 0 Å². The van der Waals surface area contributed by atoms with E-state index in [0.29, 0.717) is 12.2 Å². The van der Waals surface area contributed by atoms with Gasteiger partial charge in [0.2, 0.25) is 0 Å². The van der Waals surface area contributed by atoms with Crippen molar-refractivity contribution in [1.82, 2.24) is 9.55 Å². The van der Waals surface area contributed by atoms with Crippen molar-refractivity contribution in [2.75, 3.05) is 0 Å². The van der Waals surface area contributed by atoms with Crippen molar-refractivity contribution in [1.29, 1.82) is 0 Å². The van der Waals surface area contributed by atoms with Gasteiger partial charge in [0.25, 0.3) is 5.56 Å². The standard InChI is InChI=1S/C13H14N2O2/c1-3-15-11(8-12(16)14-13(15)17)10-6-4-5-9(2)7-10/h4-8H,3H2,1-2H3,(H,14,16,17). The Labute approximate surface area is 98.6 Å². The van der Waals surface area contributed by atoms with Crippen LogP contribution in [0.15, 0.2) is 39.9 Å². The number of nitrogens with one attached hydrogen (secondary N) is 1. The lowest BCUT2D eigenvalue weighted by Gasteiger charge is -2.10. The first-order valence-corrected chi connectivity index (χ1v) is 5.53. The van der Waals surface area contributed by atoms with Crippen LogP contribution in [0, 0.1) is 6.92 Å². The second-order valence-electron chi connectivity index (χ2n) is 3.94. The number of nitrogens with zero attached hydrogens (tertiary/aromatic N) is 1. The molecule has 2 aromatic rings. The van der Waals surface area contributed by atoms with Gasteiger partial charge < -0.3 is 0 Å². The summed E-state index contributed by atoms with van der Waals surface area (Å²) in [6, 6.07) is 9.20. The summed E-state index contributed by atoms with van der Waals surface area (Å²) in [7, 11) is 0. The van der Waals surface area contributed by atoms with E-state index in [1.165, 1.54) is 6.07 Å². The Morgan fingerprint density at radius 2 is 2.00 bits per heavy atom. The maximum Gasteiger partial charge on any atom is 0.328 e. The molecule has 0 aliphatic rings. The van der Waals surface area contributed by atoms with Gasteiger partial charge in [-0.1, -0.05) is 23.8 Å². The van der Waals surface area contributed by atoms with E-state index in [9.17, 15) is 9.59 Å². The van der Waals surface area contributed by atoms with Crippen LogP contribution in [-0.2, 0) is 6.54 Å². The number of aryl methyl sites for hydroxylation is 1. The highest BCUT2D eigenvalue weighted by Crippen LogP contribution is 2.17. The molecule has 4 heteroatoms. The van der Waals surface area contributed by atoms with E-state index >= 15 is 0 Å². The average molecular weight is 230 g/mol. The molecule has 0 amide bonds. The Bertz CT molecular complexity index is 653. The van der Waals surface area contributed by atoms with Crippen molar-refractivity contribution in [2.24, 2.45) is 0 Å². The predicted molar refractivity (Wildman–Crippen MR) is 67.2 cm³/mol. The maximum atomic E-state index is 11.7. The highest BCUT2D eigenvalue weighted by Gasteiger charge is 2.06. The zero-order valence-corrected chi connectivity index (χ0v) is 9.86. The van der Waals surface area contributed by atoms with Crippen molar-refractivity contribution in [3.8, 4) is 11.3 Å². The predicted octanol–water partition coefficient (Wildman–Crippen LogP) is 1.53. The van der Waals surface area contributed by atoms with Crippen LogP contribution in [0.4, 0.5) is 0 Å². The number of benzene rings is 1. The molecule has 1 aromatic carbocycles. The minimum Gasteiger partial charge on any atom is -0.294 e. The SMILES string of the molecule is CCn1c(-c2cccc(C)c2)cc(=O)[nH]c1=O. The monoisotopic (exact) mass is 230 g/mol. The molecule has 0 fully saturated rings. The topological polar surface area (TPSA) is 54.9 Å². The Kier molecular flexibility index (Phi) is 2.95. The van der Waals surface area contributed by atoms with Gasteiger partial charge in [0.1, 0.15) is 0 Å². The summed E-state index contributed by atoms with van der Waals surface area (Å²) in [6.45, 7) is 4.38. The Morgan fingerprint density at radius 1 is 1.24 bits per heavy atom. The largest absolute Gasteiger partial charge is 0.328 e. The van der Waals surface area contributed by atoms with Gasteiger partial charge in [0.05, 0.1) is 5.69 Å². The van der Waals surface area contributed by atoms with Crippen LogP contribution in [0.3, 0.4) is 0 Å². The molecule has 0 aliphatic heterocycles. The fourth-order valence-electron chi connectivity index (χ4n) is 1.88. The molecule has 0 unspecified atom stereocenters. The third-order valence-electron chi connectivity index (χ3n) is 2.66. The zero-order chi connectivity index (χ0) is 12.4. The van der Waals surface area contributed by atoms with Crippen molar-refractivity contribution in [2.45, 2.75) is 20.4 Å². The van der Waals surface area contributed by atoms with Crippen molar-refractivity contribution >= 4 is 0 Å². The van der Waals surface area contributed by atoms with Gasteiger partial charge in [-0.25, -0.2) is 4.79 Å². The molecule has 0 aliphatic carbocycles. The molecule has 4 nitrogen and oxygen atoms in total. The first kappa shape index (κ1) is 11.4. The number of rotatable bonds is 2. The van der Waals surface area contributed by atoms with Crippen LogP contribution in [0.5, 0.6) is 0 Å². The summed E-state index contributed by atoms with van der Waals surface area (Å²) in [6.07, 6.45) is 0. The highest BCUT2D eigenvalue weighted by atomic mass is 16.2. The summed E-state index contributed by atoms with van der Waals surface area (Å²) in [4.78, 5) is 25.3. The number of hydrogen-bond acceptors (Lipinski definition) is 2. The molecule has 1 N–H and O–H groups in total. The van der Waals surface area contributed by atoms with E-state index in [1.54, 1.807) is 4.57 Å². The molecule has 17 heavy (non-hydrogen) atoms. The lowest BCUT2D eigenvalue weighted by atomic mass is 10.1. The summed E-state index contributed by atoms with van der Waals surface area (Å²) in [5.41, 5.74) is 1.91. The fourth-order valence-corrected chi connectivity index (χ4v) is 1.88. The summed E-state index contributed by atoms with van der Waals surface area (Å²) < 4.78 is 1.55. The van der Waals surface area contributed by atoms with Gasteiger partial charge >= 0.3 is 5.69 Å². The lowest BCUT2D eigenvalue weighted by Crippen LogP contribution is -2.30. The van der Waals surface area contributed by atoms with Gasteiger partial charge in [0, 0.05) is 12.6 Å². The van der Waals surface area contributed by atoms with Crippen molar-refractivity contribution in [3.05, 3.63) is 56.7 Å². The van der Waals surface area contributed by atoms with Gasteiger partial charge in [-0.15, -0.1) is 0 Å². The smallest absolute Gasteiger partial charge is 0.294 e. The first-order chi connectivity index (χ1) is 8.11. The second kappa shape index (κ2) is 4.41. The number of aromatic nitrogens is 2. The van der Waals surface area contributed by atoms with Crippen LogP contribution in [-0.4, -0.2) is 9.55 Å².